The van der Waals surface area contributed by atoms with Crippen LogP contribution in [-0.4, -0.2) is 41.4 Å². The van der Waals surface area contributed by atoms with Gasteiger partial charge in [0.25, 0.3) is 0 Å². The molecular formula is C43H81NO2. The van der Waals surface area contributed by atoms with Gasteiger partial charge in [0.15, 0.2) is 0 Å². The standard InChI is InChI=1S/C43H81NO2/c1-4-6-8-10-12-14-16-18-20-22-24-27-31-40(3)37-44(39-43(46)42-33-29-26-30-34-42)38-41(35-36-45)32-28-25-23-21-19-17-15-13-11-9-7-5-2/h26,29-30,33-34,40-41,43,45-46H,4-25,27-28,31-32,35-39H2,1-3H3. The number of benzene rings is 1. The van der Waals surface area contributed by atoms with E-state index in [0.717, 1.165) is 25.1 Å². The third kappa shape index (κ3) is 26.1. The highest BCUT2D eigenvalue weighted by Gasteiger charge is 2.20. The molecule has 0 radical (unpaired) electrons. The van der Waals surface area contributed by atoms with Gasteiger partial charge in [-0.3, -0.25) is 4.90 Å². The number of unbranched alkanes of at least 4 members (excludes halogenated alkanes) is 22. The molecule has 46 heavy (non-hydrogen) atoms. The van der Waals surface area contributed by atoms with Crippen LogP contribution in [0.4, 0.5) is 0 Å². The van der Waals surface area contributed by atoms with Crippen molar-refractivity contribution in [2.75, 3.05) is 26.2 Å². The molecule has 0 saturated heterocycles. The first kappa shape index (κ1) is 43.1. The Hall–Kier alpha value is -0.900. The van der Waals surface area contributed by atoms with Crippen molar-refractivity contribution in [2.24, 2.45) is 11.8 Å². The summed E-state index contributed by atoms with van der Waals surface area (Å²) >= 11 is 0. The number of hydrogen-bond acceptors (Lipinski definition) is 3. The average Bonchev–Trinajstić information content (AvgIpc) is 3.06. The van der Waals surface area contributed by atoms with E-state index in [1.54, 1.807) is 0 Å². The molecule has 1 aromatic carbocycles. The molecular weight excluding hydrogens is 562 g/mol. The summed E-state index contributed by atoms with van der Waals surface area (Å²) in [6.45, 7) is 9.99. The van der Waals surface area contributed by atoms with Crippen LogP contribution >= 0.6 is 0 Å². The molecule has 0 aliphatic heterocycles. The van der Waals surface area contributed by atoms with Crippen LogP contribution < -0.4 is 0 Å². The summed E-state index contributed by atoms with van der Waals surface area (Å²) < 4.78 is 0. The zero-order valence-corrected chi connectivity index (χ0v) is 31.4. The van der Waals surface area contributed by atoms with E-state index in [4.69, 9.17) is 0 Å². The molecule has 0 aromatic heterocycles. The molecule has 0 fully saturated rings. The van der Waals surface area contributed by atoms with Crippen LogP contribution in [0, 0.1) is 11.8 Å². The second-order valence-corrected chi connectivity index (χ2v) is 15.0. The van der Waals surface area contributed by atoms with Crippen LogP contribution in [0.2, 0.25) is 0 Å². The summed E-state index contributed by atoms with van der Waals surface area (Å²) in [6, 6.07) is 10.2. The summed E-state index contributed by atoms with van der Waals surface area (Å²) in [6.07, 6.45) is 36.3. The van der Waals surface area contributed by atoms with Crippen molar-refractivity contribution < 1.29 is 10.2 Å². The lowest BCUT2D eigenvalue weighted by Gasteiger charge is -2.31. The number of hydrogen-bond donors (Lipinski definition) is 2. The molecule has 3 atom stereocenters. The van der Waals surface area contributed by atoms with Gasteiger partial charge in [0.05, 0.1) is 6.10 Å². The van der Waals surface area contributed by atoms with Gasteiger partial charge in [0.1, 0.15) is 0 Å². The first-order valence-corrected chi connectivity index (χ1v) is 20.7. The van der Waals surface area contributed by atoms with E-state index in [9.17, 15) is 10.2 Å². The summed E-state index contributed by atoms with van der Waals surface area (Å²) in [7, 11) is 0. The van der Waals surface area contributed by atoms with Crippen molar-refractivity contribution >= 4 is 0 Å². The summed E-state index contributed by atoms with van der Waals surface area (Å²) in [5.41, 5.74) is 1.01. The first-order valence-electron chi connectivity index (χ1n) is 20.7. The molecule has 3 unspecified atom stereocenters. The molecule has 0 heterocycles. The van der Waals surface area contributed by atoms with Crippen molar-refractivity contribution in [3.8, 4) is 0 Å². The third-order valence-corrected chi connectivity index (χ3v) is 10.3. The molecule has 0 aliphatic carbocycles. The van der Waals surface area contributed by atoms with E-state index < -0.39 is 6.10 Å². The molecule has 1 aromatic rings. The Kier molecular flexibility index (Phi) is 30.6. The maximum Gasteiger partial charge on any atom is 0.0916 e. The minimum atomic E-state index is -0.457. The normalized spacial score (nSPS) is 13.8. The van der Waals surface area contributed by atoms with E-state index in [2.05, 4.69) is 37.8 Å². The molecule has 3 heteroatoms. The fourth-order valence-electron chi connectivity index (χ4n) is 7.26. The number of aliphatic hydroxyl groups excluding tert-OH is 2. The Morgan fingerprint density at radius 2 is 0.913 bits per heavy atom. The molecule has 2 N–H and O–H groups in total. The lowest BCUT2D eigenvalue weighted by molar-refractivity contribution is 0.0866. The van der Waals surface area contributed by atoms with E-state index in [0.29, 0.717) is 18.4 Å². The predicted molar refractivity (Wildman–Crippen MR) is 204 cm³/mol. The van der Waals surface area contributed by atoms with Gasteiger partial charge in [0, 0.05) is 26.2 Å². The molecule has 1 rings (SSSR count). The highest BCUT2D eigenvalue weighted by molar-refractivity contribution is 5.17. The molecule has 3 nitrogen and oxygen atoms in total. The van der Waals surface area contributed by atoms with Gasteiger partial charge in [-0.15, -0.1) is 0 Å². The maximum absolute atomic E-state index is 11.1. The molecule has 270 valence electrons. The van der Waals surface area contributed by atoms with E-state index in [1.165, 1.54) is 167 Å². The zero-order chi connectivity index (χ0) is 33.3. The largest absolute Gasteiger partial charge is 0.396 e. The van der Waals surface area contributed by atoms with Crippen LogP contribution in [0.15, 0.2) is 30.3 Å². The predicted octanol–water partition coefficient (Wildman–Crippen LogP) is 12.8. The van der Waals surface area contributed by atoms with Crippen LogP contribution in [0.5, 0.6) is 0 Å². The molecule has 0 spiro atoms. The third-order valence-electron chi connectivity index (χ3n) is 10.3. The van der Waals surface area contributed by atoms with Crippen molar-refractivity contribution in [3.63, 3.8) is 0 Å². The Morgan fingerprint density at radius 3 is 1.35 bits per heavy atom. The van der Waals surface area contributed by atoms with Gasteiger partial charge >= 0.3 is 0 Å². The van der Waals surface area contributed by atoms with Crippen LogP contribution in [0.1, 0.15) is 206 Å². The lowest BCUT2D eigenvalue weighted by atomic mass is 9.95. The fraction of sp³-hybridized carbons (Fsp3) is 0.860. The minimum absolute atomic E-state index is 0.270. The average molecular weight is 644 g/mol. The van der Waals surface area contributed by atoms with Crippen molar-refractivity contribution in [2.45, 2.75) is 200 Å². The second-order valence-electron chi connectivity index (χ2n) is 15.0. The Balaban J connectivity index is 2.38. The molecule has 0 amide bonds. The van der Waals surface area contributed by atoms with Gasteiger partial charge < -0.3 is 10.2 Å². The minimum Gasteiger partial charge on any atom is -0.396 e. The van der Waals surface area contributed by atoms with Crippen LogP contribution in [-0.2, 0) is 0 Å². The summed E-state index contributed by atoms with van der Waals surface area (Å²) in [5, 5.41) is 21.0. The van der Waals surface area contributed by atoms with Gasteiger partial charge in [-0.25, -0.2) is 0 Å². The van der Waals surface area contributed by atoms with Crippen LogP contribution in [0.3, 0.4) is 0 Å². The second kappa shape index (κ2) is 32.6. The quantitative estimate of drug-likeness (QED) is 0.0723. The van der Waals surface area contributed by atoms with Gasteiger partial charge in [-0.05, 0) is 36.7 Å². The number of rotatable bonds is 35. The fourth-order valence-corrected chi connectivity index (χ4v) is 7.26. The maximum atomic E-state index is 11.1. The summed E-state index contributed by atoms with van der Waals surface area (Å²) in [5.74, 6) is 1.14. The van der Waals surface area contributed by atoms with E-state index in [-0.39, 0.29) is 6.61 Å². The zero-order valence-electron chi connectivity index (χ0n) is 31.4. The first-order chi connectivity index (χ1) is 22.6. The van der Waals surface area contributed by atoms with Gasteiger partial charge in [-0.2, -0.15) is 0 Å². The van der Waals surface area contributed by atoms with Crippen molar-refractivity contribution in [3.05, 3.63) is 35.9 Å². The highest BCUT2D eigenvalue weighted by Crippen LogP contribution is 2.22. The van der Waals surface area contributed by atoms with Crippen molar-refractivity contribution in [1.29, 1.82) is 0 Å². The Morgan fingerprint density at radius 1 is 0.500 bits per heavy atom. The van der Waals surface area contributed by atoms with Crippen molar-refractivity contribution in [1.82, 2.24) is 4.90 Å². The lowest BCUT2D eigenvalue weighted by Crippen LogP contribution is -2.37. The summed E-state index contributed by atoms with van der Waals surface area (Å²) in [4.78, 5) is 2.53. The number of nitrogens with zero attached hydrogens (tertiary/aromatic N) is 1. The van der Waals surface area contributed by atoms with E-state index in [1.807, 2.05) is 18.2 Å². The SMILES string of the molecule is CCCCCCCCCCCCCCC(C)CN(CC(CCO)CCCCCCCCCCCCCC)CC(O)c1ccccc1. The monoisotopic (exact) mass is 644 g/mol. The molecule has 0 saturated carbocycles. The topological polar surface area (TPSA) is 43.7 Å². The Labute approximate surface area is 288 Å². The number of aliphatic hydroxyl groups is 2. The Bertz CT molecular complexity index is 725. The van der Waals surface area contributed by atoms with Crippen LogP contribution in [0.25, 0.3) is 0 Å². The van der Waals surface area contributed by atoms with E-state index >= 15 is 0 Å². The molecule has 0 aliphatic rings. The van der Waals surface area contributed by atoms with Gasteiger partial charge in [-0.1, -0.05) is 205 Å². The van der Waals surface area contributed by atoms with Gasteiger partial charge in [0.2, 0.25) is 0 Å². The highest BCUT2D eigenvalue weighted by atomic mass is 16.3. The smallest absolute Gasteiger partial charge is 0.0916 e. The molecule has 0 bridgehead atoms.